The highest BCUT2D eigenvalue weighted by atomic mass is 19.1. The number of nitrogens with one attached hydrogen (secondary N) is 1. The van der Waals surface area contributed by atoms with Crippen LogP contribution in [0.15, 0.2) is 42.5 Å². The zero-order valence-electron chi connectivity index (χ0n) is 13.7. The second-order valence-electron chi connectivity index (χ2n) is 5.15. The van der Waals surface area contributed by atoms with Crippen LogP contribution in [0, 0.1) is 5.82 Å². The third-order valence-electron chi connectivity index (χ3n) is 3.20. The van der Waals surface area contributed by atoms with Gasteiger partial charge in [0.05, 0.1) is 13.5 Å². The summed E-state index contributed by atoms with van der Waals surface area (Å²) in [7, 11) is 1.19. The Morgan fingerprint density at radius 3 is 2.36 bits per heavy atom. The fourth-order valence-electron chi connectivity index (χ4n) is 2.11. The molecule has 0 saturated heterocycles. The number of halogens is 1. The maximum absolute atomic E-state index is 12.9. The molecule has 0 spiro atoms. The maximum atomic E-state index is 12.9. The van der Waals surface area contributed by atoms with Crippen molar-refractivity contribution < 1.29 is 28.2 Å². The van der Waals surface area contributed by atoms with Crippen molar-refractivity contribution >= 4 is 23.5 Å². The van der Waals surface area contributed by atoms with Crippen LogP contribution in [0.4, 0.5) is 10.1 Å². The van der Waals surface area contributed by atoms with Gasteiger partial charge < -0.3 is 14.8 Å². The molecule has 0 radical (unpaired) electrons. The third kappa shape index (κ3) is 5.13. The number of carbonyl (C=O) groups is 3. The molecule has 6 nitrogen and oxygen atoms in total. The van der Waals surface area contributed by atoms with Gasteiger partial charge in [-0.2, -0.15) is 0 Å². The highest BCUT2D eigenvalue weighted by Gasteiger charge is 2.16. The molecule has 0 saturated carbocycles. The Bertz CT molecular complexity index is 802. The van der Waals surface area contributed by atoms with Gasteiger partial charge in [0.1, 0.15) is 17.1 Å². The zero-order chi connectivity index (χ0) is 18.4. The number of amides is 1. The van der Waals surface area contributed by atoms with Crippen molar-refractivity contribution in [3.8, 4) is 5.75 Å². The van der Waals surface area contributed by atoms with Gasteiger partial charge in [-0.3, -0.25) is 9.59 Å². The van der Waals surface area contributed by atoms with Crippen molar-refractivity contribution in [1.29, 1.82) is 0 Å². The van der Waals surface area contributed by atoms with E-state index in [1.165, 1.54) is 56.5 Å². The topological polar surface area (TPSA) is 81.7 Å². The Morgan fingerprint density at radius 2 is 1.76 bits per heavy atom. The lowest BCUT2D eigenvalue weighted by Gasteiger charge is -2.11. The predicted molar refractivity (Wildman–Crippen MR) is 87.8 cm³/mol. The van der Waals surface area contributed by atoms with Crippen molar-refractivity contribution in [1.82, 2.24) is 0 Å². The molecule has 130 valence electrons. The third-order valence-corrected chi connectivity index (χ3v) is 3.20. The van der Waals surface area contributed by atoms with Crippen LogP contribution < -0.4 is 10.1 Å². The summed E-state index contributed by atoms with van der Waals surface area (Å²) < 4.78 is 22.5. The predicted octanol–water partition coefficient (Wildman–Crippen LogP) is 2.72. The van der Waals surface area contributed by atoms with E-state index in [1.807, 2.05) is 0 Å². The minimum absolute atomic E-state index is 0.0114. The summed E-state index contributed by atoms with van der Waals surface area (Å²) in [5, 5.41) is 2.62. The summed E-state index contributed by atoms with van der Waals surface area (Å²) in [6.45, 7) is 1.21. The molecule has 2 rings (SSSR count). The molecule has 0 fully saturated rings. The Hall–Kier alpha value is -3.22. The highest BCUT2D eigenvalue weighted by molar-refractivity contribution is 5.97. The van der Waals surface area contributed by atoms with Gasteiger partial charge in [0.2, 0.25) is 5.91 Å². The highest BCUT2D eigenvalue weighted by Crippen LogP contribution is 2.24. The number of ether oxygens (including phenoxy) is 2. The fraction of sp³-hybridized carbons (Fsp3) is 0.167. The summed E-state index contributed by atoms with van der Waals surface area (Å²) >= 11 is 0. The monoisotopic (exact) mass is 345 g/mol. The lowest BCUT2D eigenvalue weighted by atomic mass is 10.1. The molecule has 1 N–H and O–H groups in total. The number of anilines is 1. The van der Waals surface area contributed by atoms with Crippen LogP contribution in [0.2, 0.25) is 0 Å². The molecule has 0 heterocycles. The Balaban J connectivity index is 2.15. The van der Waals surface area contributed by atoms with E-state index in [1.54, 1.807) is 0 Å². The molecule has 2 aromatic rings. The van der Waals surface area contributed by atoms with Crippen LogP contribution >= 0.6 is 0 Å². The normalized spacial score (nSPS) is 10.0. The van der Waals surface area contributed by atoms with E-state index >= 15 is 0 Å². The minimum atomic E-state index is -0.703. The fourth-order valence-corrected chi connectivity index (χ4v) is 2.11. The first-order chi connectivity index (χ1) is 11.9. The van der Waals surface area contributed by atoms with E-state index < -0.39 is 11.9 Å². The quantitative estimate of drug-likeness (QED) is 0.666. The largest absolute Gasteiger partial charge is 0.465 e. The van der Waals surface area contributed by atoms with Crippen LogP contribution in [0.5, 0.6) is 5.75 Å². The Morgan fingerprint density at radius 1 is 1.08 bits per heavy atom. The van der Waals surface area contributed by atoms with Crippen molar-refractivity contribution in [2.75, 3.05) is 12.4 Å². The maximum Gasteiger partial charge on any atom is 0.341 e. The molecule has 0 aliphatic carbocycles. The lowest BCUT2D eigenvalue weighted by molar-refractivity contribution is -0.131. The lowest BCUT2D eigenvalue weighted by Crippen LogP contribution is -2.15. The molecule has 0 unspecified atom stereocenters. The van der Waals surface area contributed by atoms with Gasteiger partial charge in [0.15, 0.2) is 0 Å². The van der Waals surface area contributed by atoms with Gasteiger partial charge in [-0.1, -0.05) is 12.1 Å². The van der Waals surface area contributed by atoms with Crippen molar-refractivity contribution in [3.63, 3.8) is 0 Å². The van der Waals surface area contributed by atoms with Gasteiger partial charge >= 0.3 is 11.9 Å². The van der Waals surface area contributed by atoms with Gasteiger partial charge in [0, 0.05) is 12.6 Å². The molecule has 0 bridgehead atoms. The Labute approximate surface area is 143 Å². The molecule has 2 aromatic carbocycles. The number of hydrogen-bond donors (Lipinski definition) is 1. The molecule has 1 amide bonds. The van der Waals surface area contributed by atoms with Crippen LogP contribution in [0.25, 0.3) is 0 Å². The number of methoxy groups -OCH3 is 1. The summed E-state index contributed by atoms with van der Waals surface area (Å²) in [6, 6.07) is 9.80. The molecule has 0 aliphatic rings. The number of rotatable bonds is 5. The first kappa shape index (κ1) is 18.1. The van der Waals surface area contributed by atoms with Crippen LogP contribution in [0.1, 0.15) is 22.8 Å². The number of carbonyl (C=O) groups excluding carboxylic acids is 3. The number of hydrogen-bond acceptors (Lipinski definition) is 5. The average molecular weight is 345 g/mol. The minimum Gasteiger partial charge on any atom is -0.465 e. The SMILES string of the molecule is COC(=O)c1cc(NC(=O)Cc2ccc(F)cc2)ccc1OC(C)=O. The molecule has 0 aromatic heterocycles. The van der Waals surface area contributed by atoms with Gasteiger partial charge in [-0.25, -0.2) is 9.18 Å². The smallest absolute Gasteiger partial charge is 0.341 e. The molecule has 0 aliphatic heterocycles. The van der Waals surface area contributed by atoms with Crippen molar-refractivity contribution in [2.24, 2.45) is 0 Å². The number of benzene rings is 2. The van der Waals surface area contributed by atoms with E-state index in [4.69, 9.17) is 4.74 Å². The second kappa shape index (κ2) is 8.05. The molecule has 7 heteroatoms. The van der Waals surface area contributed by atoms with Gasteiger partial charge in [-0.15, -0.1) is 0 Å². The summed E-state index contributed by atoms with van der Waals surface area (Å²) in [5.74, 6) is -1.98. The van der Waals surface area contributed by atoms with E-state index in [-0.39, 0.29) is 29.5 Å². The van der Waals surface area contributed by atoms with E-state index in [0.29, 0.717) is 11.3 Å². The van der Waals surface area contributed by atoms with Crippen molar-refractivity contribution in [3.05, 3.63) is 59.4 Å². The average Bonchev–Trinajstić information content (AvgIpc) is 2.57. The molecule has 0 atom stereocenters. The zero-order valence-corrected chi connectivity index (χ0v) is 13.7. The number of esters is 2. The standard InChI is InChI=1S/C18H16FNO5/c1-11(21)25-16-8-7-14(10-15(16)18(23)24-2)20-17(22)9-12-3-5-13(19)6-4-12/h3-8,10H,9H2,1-2H3,(H,20,22). The summed E-state index contributed by atoms with van der Waals surface area (Å²) in [6.07, 6.45) is 0.0412. The first-order valence-electron chi connectivity index (χ1n) is 7.34. The summed E-state index contributed by atoms with van der Waals surface area (Å²) in [4.78, 5) is 35.0. The summed E-state index contributed by atoms with van der Waals surface area (Å²) in [5.41, 5.74) is 0.990. The molecular weight excluding hydrogens is 329 g/mol. The van der Waals surface area contributed by atoms with Crippen LogP contribution in [-0.2, 0) is 20.7 Å². The second-order valence-corrected chi connectivity index (χ2v) is 5.15. The van der Waals surface area contributed by atoms with Crippen LogP contribution in [-0.4, -0.2) is 25.0 Å². The van der Waals surface area contributed by atoms with E-state index in [9.17, 15) is 18.8 Å². The van der Waals surface area contributed by atoms with Gasteiger partial charge in [0.25, 0.3) is 0 Å². The van der Waals surface area contributed by atoms with Crippen LogP contribution in [0.3, 0.4) is 0 Å². The molecular formula is C18H16FNO5. The molecule has 25 heavy (non-hydrogen) atoms. The van der Waals surface area contributed by atoms with Gasteiger partial charge in [-0.05, 0) is 35.9 Å². The van der Waals surface area contributed by atoms with E-state index in [0.717, 1.165) is 0 Å². The Kier molecular flexibility index (Phi) is 5.84. The van der Waals surface area contributed by atoms with Crippen molar-refractivity contribution in [2.45, 2.75) is 13.3 Å². The van der Waals surface area contributed by atoms with E-state index in [2.05, 4.69) is 10.1 Å². The first-order valence-corrected chi connectivity index (χ1v) is 7.34.